The number of benzene rings is 1. The van der Waals surface area contributed by atoms with Crippen LogP contribution in [0, 0.1) is 0 Å². The summed E-state index contributed by atoms with van der Waals surface area (Å²) >= 11 is 0. The van der Waals surface area contributed by atoms with Crippen LogP contribution in [0.4, 0.5) is 0 Å². The minimum atomic E-state index is 0.0192. The third kappa shape index (κ3) is 3.61. The van der Waals surface area contributed by atoms with Crippen molar-refractivity contribution in [2.45, 2.75) is 26.2 Å². The van der Waals surface area contributed by atoms with Crippen molar-refractivity contribution in [3.8, 4) is 0 Å². The highest BCUT2D eigenvalue weighted by Gasteiger charge is 2.10. The molecule has 108 valence electrons. The quantitative estimate of drug-likeness (QED) is 0.790. The first-order valence-corrected chi connectivity index (χ1v) is 6.99. The van der Waals surface area contributed by atoms with Crippen LogP contribution in [0.1, 0.15) is 24.5 Å². The molecular weight excluding hydrogens is 254 g/mol. The summed E-state index contributed by atoms with van der Waals surface area (Å²) in [7, 11) is 1.66. The number of hydrogen-bond donors (Lipinski definition) is 1. The Kier molecular flexibility index (Phi) is 5.18. The number of carbonyl (C=O) groups excluding carboxylic acids is 1. The molecule has 0 aliphatic heterocycles. The number of methoxy groups -OCH3 is 1. The molecule has 1 amide bonds. The fourth-order valence-electron chi connectivity index (χ4n) is 2.17. The van der Waals surface area contributed by atoms with Crippen molar-refractivity contribution in [2.24, 2.45) is 0 Å². The molecule has 0 saturated carbocycles. The van der Waals surface area contributed by atoms with Crippen LogP contribution in [-0.4, -0.2) is 26.2 Å². The molecule has 1 aromatic heterocycles. The van der Waals surface area contributed by atoms with Gasteiger partial charge in [-0.1, -0.05) is 13.0 Å². The van der Waals surface area contributed by atoms with E-state index in [0.717, 1.165) is 29.4 Å². The third-order valence-corrected chi connectivity index (χ3v) is 3.32. The molecule has 4 heteroatoms. The van der Waals surface area contributed by atoms with Crippen molar-refractivity contribution >= 4 is 16.9 Å². The molecule has 0 atom stereocenters. The van der Waals surface area contributed by atoms with Crippen LogP contribution < -0.4 is 5.32 Å². The van der Waals surface area contributed by atoms with Crippen LogP contribution in [0.25, 0.3) is 11.0 Å². The lowest BCUT2D eigenvalue weighted by Gasteiger charge is -2.04. The monoisotopic (exact) mass is 275 g/mol. The van der Waals surface area contributed by atoms with Crippen LogP contribution >= 0.6 is 0 Å². The number of nitrogens with one attached hydrogen (secondary N) is 1. The molecule has 0 spiro atoms. The summed E-state index contributed by atoms with van der Waals surface area (Å²) in [5.74, 6) is 0.0192. The maximum absolute atomic E-state index is 11.9. The van der Waals surface area contributed by atoms with Gasteiger partial charge in [-0.05, 0) is 30.5 Å². The molecule has 0 bridgehead atoms. The molecule has 0 unspecified atom stereocenters. The number of aryl methyl sites for hydroxylation is 1. The summed E-state index contributed by atoms with van der Waals surface area (Å²) in [6.07, 6.45) is 3.84. The maximum atomic E-state index is 11.9. The Morgan fingerprint density at radius 2 is 2.25 bits per heavy atom. The molecule has 0 aliphatic rings. The number of ether oxygens (including phenoxy) is 1. The SMILES string of the molecule is CCc1ccc2occ(CC(=O)NCCCOC)c2c1. The number of amides is 1. The minimum absolute atomic E-state index is 0.0192. The van der Waals surface area contributed by atoms with Gasteiger partial charge in [-0.15, -0.1) is 0 Å². The van der Waals surface area contributed by atoms with Gasteiger partial charge in [0, 0.05) is 31.2 Å². The highest BCUT2D eigenvalue weighted by atomic mass is 16.5. The molecule has 1 aromatic carbocycles. The second-order valence-electron chi connectivity index (χ2n) is 4.82. The Bertz CT molecular complexity index is 574. The molecule has 1 N–H and O–H groups in total. The average Bonchev–Trinajstić information content (AvgIpc) is 2.86. The van der Waals surface area contributed by atoms with Gasteiger partial charge in [-0.3, -0.25) is 4.79 Å². The molecule has 0 fully saturated rings. The second-order valence-corrected chi connectivity index (χ2v) is 4.82. The first-order valence-electron chi connectivity index (χ1n) is 6.99. The second kappa shape index (κ2) is 7.10. The standard InChI is InChI=1S/C16H21NO3/c1-3-12-5-6-15-14(9-12)13(11-20-15)10-16(18)17-7-4-8-19-2/h5-6,9,11H,3-4,7-8,10H2,1-2H3,(H,17,18). The van der Waals surface area contributed by atoms with Crippen LogP contribution in [0.15, 0.2) is 28.9 Å². The molecule has 20 heavy (non-hydrogen) atoms. The first-order chi connectivity index (χ1) is 9.74. The average molecular weight is 275 g/mol. The van der Waals surface area contributed by atoms with E-state index in [0.29, 0.717) is 19.6 Å². The summed E-state index contributed by atoms with van der Waals surface area (Å²) in [5.41, 5.74) is 3.03. The highest BCUT2D eigenvalue weighted by molar-refractivity contribution is 5.88. The molecule has 4 nitrogen and oxygen atoms in total. The van der Waals surface area contributed by atoms with Gasteiger partial charge in [0.2, 0.25) is 5.91 Å². The van der Waals surface area contributed by atoms with Gasteiger partial charge < -0.3 is 14.5 Å². The van der Waals surface area contributed by atoms with E-state index in [1.54, 1.807) is 13.4 Å². The number of hydrogen-bond acceptors (Lipinski definition) is 3. The zero-order valence-electron chi connectivity index (χ0n) is 12.1. The topological polar surface area (TPSA) is 51.5 Å². The molecular formula is C16H21NO3. The van der Waals surface area contributed by atoms with E-state index in [9.17, 15) is 4.79 Å². The summed E-state index contributed by atoms with van der Waals surface area (Å²) < 4.78 is 10.4. The maximum Gasteiger partial charge on any atom is 0.224 e. The summed E-state index contributed by atoms with van der Waals surface area (Å²) in [4.78, 5) is 11.9. The summed E-state index contributed by atoms with van der Waals surface area (Å²) in [6, 6.07) is 6.13. The molecule has 2 aromatic rings. The number of furan rings is 1. The minimum Gasteiger partial charge on any atom is -0.464 e. The zero-order valence-corrected chi connectivity index (χ0v) is 12.1. The largest absolute Gasteiger partial charge is 0.464 e. The van der Waals surface area contributed by atoms with Gasteiger partial charge in [0.1, 0.15) is 5.58 Å². The smallest absolute Gasteiger partial charge is 0.224 e. The fraction of sp³-hybridized carbons (Fsp3) is 0.438. The number of carbonyl (C=O) groups is 1. The fourth-order valence-corrected chi connectivity index (χ4v) is 2.17. The Balaban J connectivity index is 2.00. The van der Waals surface area contributed by atoms with E-state index in [1.165, 1.54) is 5.56 Å². The van der Waals surface area contributed by atoms with Gasteiger partial charge >= 0.3 is 0 Å². The van der Waals surface area contributed by atoms with Crippen molar-refractivity contribution in [3.63, 3.8) is 0 Å². The molecule has 2 rings (SSSR count). The predicted octanol–water partition coefficient (Wildman–Crippen LogP) is 2.69. The van der Waals surface area contributed by atoms with Crippen molar-refractivity contribution in [1.29, 1.82) is 0 Å². The van der Waals surface area contributed by atoms with Gasteiger partial charge in [0.15, 0.2) is 0 Å². The lowest BCUT2D eigenvalue weighted by Crippen LogP contribution is -2.26. The Hall–Kier alpha value is -1.81. The zero-order chi connectivity index (χ0) is 14.4. The molecule has 0 radical (unpaired) electrons. The predicted molar refractivity (Wildman–Crippen MR) is 78.8 cm³/mol. The highest BCUT2D eigenvalue weighted by Crippen LogP contribution is 2.23. The van der Waals surface area contributed by atoms with Crippen molar-refractivity contribution < 1.29 is 13.9 Å². The lowest BCUT2D eigenvalue weighted by atomic mass is 10.1. The number of rotatable bonds is 7. The van der Waals surface area contributed by atoms with E-state index in [-0.39, 0.29) is 5.91 Å². The molecule has 1 heterocycles. The van der Waals surface area contributed by atoms with E-state index < -0.39 is 0 Å². The van der Waals surface area contributed by atoms with E-state index in [1.807, 2.05) is 6.07 Å². The molecule has 0 saturated heterocycles. The first kappa shape index (κ1) is 14.6. The van der Waals surface area contributed by atoms with Crippen LogP contribution in [0.5, 0.6) is 0 Å². The van der Waals surface area contributed by atoms with Gasteiger partial charge in [-0.25, -0.2) is 0 Å². The van der Waals surface area contributed by atoms with Crippen molar-refractivity contribution in [1.82, 2.24) is 5.32 Å². The molecule has 0 aliphatic carbocycles. The number of fused-ring (bicyclic) bond motifs is 1. The van der Waals surface area contributed by atoms with Crippen LogP contribution in [0.3, 0.4) is 0 Å². The van der Waals surface area contributed by atoms with Crippen molar-refractivity contribution in [3.05, 3.63) is 35.6 Å². The van der Waals surface area contributed by atoms with Gasteiger partial charge in [-0.2, -0.15) is 0 Å². The Morgan fingerprint density at radius 3 is 3.00 bits per heavy atom. The van der Waals surface area contributed by atoms with E-state index in [2.05, 4.69) is 24.4 Å². The Morgan fingerprint density at radius 1 is 1.40 bits per heavy atom. The van der Waals surface area contributed by atoms with Crippen LogP contribution in [0.2, 0.25) is 0 Å². The summed E-state index contributed by atoms with van der Waals surface area (Å²) in [6.45, 7) is 3.42. The van der Waals surface area contributed by atoms with Gasteiger partial charge in [0.25, 0.3) is 0 Å². The third-order valence-electron chi connectivity index (χ3n) is 3.32. The van der Waals surface area contributed by atoms with E-state index in [4.69, 9.17) is 9.15 Å². The Labute approximate surface area is 119 Å². The summed E-state index contributed by atoms with van der Waals surface area (Å²) in [5, 5.41) is 3.93. The van der Waals surface area contributed by atoms with Crippen LogP contribution in [-0.2, 0) is 22.4 Å². The van der Waals surface area contributed by atoms with E-state index >= 15 is 0 Å². The van der Waals surface area contributed by atoms with Crippen molar-refractivity contribution in [2.75, 3.05) is 20.3 Å². The van der Waals surface area contributed by atoms with Gasteiger partial charge in [0.05, 0.1) is 12.7 Å². The lowest BCUT2D eigenvalue weighted by molar-refractivity contribution is -0.120. The normalized spacial score (nSPS) is 10.9.